The first-order valence-corrected chi connectivity index (χ1v) is 18.8. The van der Waals surface area contributed by atoms with E-state index in [1.807, 2.05) is 12.1 Å². The zero-order chi connectivity index (χ0) is 35.4. The van der Waals surface area contributed by atoms with E-state index < -0.39 is 9.29 Å². The molecule has 0 fully saturated rings. The summed E-state index contributed by atoms with van der Waals surface area (Å²) in [6.45, 7) is 10.5. The second kappa shape index (κ2) is 22.2. The summed E-state index contributed by atoms with van der Waals surface area (Å²) < 4.78 is 22.9. The number of hydrogen-bond acceptors (Lipinski definition) is 6. The van der Waals surface area contributed by atoms with E-state index in [0.717, 1.165) is 60.8 Å². The number of unbranched alkanes of at least 4 members (excludes halogenated alkanes) is 10. The lowest BCUT2D eigenvalue weighted by molar-refractivity contribution is -0.930. The molecule has 0 bridgehead atoms. The Labute approximate surface area is 293 Å². The van der Waals surface area contributed by atoms with Crippen molar-refractivity contribution in [2.75, 3.05) is 54.6 Å². The van der Waals surface area contributed by atoms with E-state index >= 15 is 0 Å². The first-order valence-electron chi connectivity index (χ1n) is 18.8. The molecule has 0 aliphatic heterocycles. The highest BCUT2D eigenvalue weighted by Crippen LogP contribution is 2.37. The van der Waals surface area contributed by atoms with E-state index in [2.05, 4.69) is 39.8 Å². The number of benzene rings is 2. The van der Waals surface area contributed by atoms with Crippen molar-refractivity contribution in [2.45, 2.75) is 131 Å². The molecule has 0 amide bonds. The molecule has 0 saturated carbocycles. The highest BCUT2D eigenvalue weighted by Gasteiger charge is 2.25. The van der Waals surface area contributed by atoms with Crippen molar-refractivity contribution < 1.29 is 28.2 Å². The number of ether oxygens (including phenoxy) is 4. The van der Waals surface area contributed by atoms with Gasteiger partial charge in [0.25, 0.3) is 0 Å². The molecule has 2 atom stereocenters. The van der Waals surface area contributed by atoms with Gasteiger partial charge in [0.05, 0.1) is 52.7 Å². The Morgan fingerprint density at radius 1 is 0.521 bits per heavy atom. The van der Waals surface area contributed by atoms with Gasteiger partial charge in [-0.1, -0.05) is 91.9 Å². The summed E-state index contributed by atoms with van der Waals surface area (Å²) in [5.74, 6) is 2.63. The molecule has 0 aliphatic rings. The minimum atomic E-state index is -0.584. The molecule has 2 unspecified atom stereocenters. The lowest BCUT2D eigenvalue weighted by Crippen LogP contribution is -2.48. The number of methoxy groups -OCH3 is 2. The normalized spacial score (nSPS) is 14.0. The molecule has 8 nitrogen and oxygen atoms in total. The minimum Gasteiger partial charge on any atom is -0.633 e. The zero-order valence-corrected chi connectivity index (χ0v) is 31.8. The Bertz CT molecular complexity index is 1090. The van der Waals surface area contributed by atoms with Crippen LogP contribution in [-0.2, 0) is 25.9 Å². The number of hydrogen-bond donors (Lipinski definition) is 0. The predicted octanol–water partition coefficient (Wildman–Crippen LogP) is 9.90. The fraction of sp³-hybridized carbons (Fsp3) is 0.700. The van der Waals surface area contributed by atoms with Crippen LogP contribution in [0, 0.1) is 10.4 Å². The maximum Gasteiger partial charge on any atom is 0.169 e. The van der Waals surface area contributed by atoms with E-state index in [9.17, 15) is 10.4 Å². The topological polar surface area (TPSA) is 83.0 Å². The first kappa shape index (κ1) is 41.7. The van der Waals surface area contributed by atoms with Gasteiger partial charge in [0.1, 0.15) is 26.2 Å². The predicted molar refractivity (Wildman–Crippen MR) is 199 cm³/mol. The largest absolute Gasteiger partial charge is 0.633 e. The average molecular weight is 673 g/mol. The Kier molecular flexibility index (Phi) is 19.3. The van der Waals surface area contributed by atoms with Crippen LogP contribution in [0.5, 0.6) is 23.0 Å². The van der Waals surface area contributed by atoms with Gasteiger partial charge in [-0.3, -0.25) is 0 Å². The zero-order valence-electron chi connectivity index (χ0n) is 31.8. The lowest BCUT2D eigenvalue weighted by Gasteiger charge is -2.45. The van der Waals surface area contributed by atoms with Gasteiger partial charge >= 0.3 is 0 Å². The van der Waals surface area contributed by atoms with Gasteiger partial charge in [-0.25, -0.2) is 0 Å². The van der Waals surface area contributed by atoms with E-state index in [4.69, 9.17) is 18.9 Å². The van der Waals surface area contributed by atoms with Gasteiger partial charge < -0.3 is 38.7 Å². The van der Waals surface area contributed by atoms with E-state index in [0.29, 0.717) is 36.2 Å². The van der Waals surface area contributed by atoms with E-state index in [1.165, 1.54) is 51.4 Å². The summed E-state index contributed by atoms with van der Waals surface area (Å²) in [5, 5.41) is 28.0. The molecule has 0 aliphatic carbocycles. The summed E-state index contributed by atoms with van der Waals surface area (Å²) in [5.41, 5.74) is 3.86. The summed E-state index contributed by atoms with van der Waals surface area (Å²) in [4.78, 5) is 0. The van der Waals surface area contributed by atoms with Crippen molar-refractivity contribution in [3.63, 3.8) is 0 Å². The third kappa shape index (κ3) is 14.9. The van der Waals surface area contributed by atoms with Crippen LogP contribution in [0.2, 0.25) is 0 Å². The van der Waals surface area contributed by atoms with Crippen molar-refractivity contribution in [1.29, 1.82) is 0 Å². The molecule has 0 N–H and O–H groups in total. The number of likely N-dealkylation sites (N-methyl/N-ethyl adjacent to an activating group) is 2. The monoisotopic (exact) mass is 673 g/mol. The fourth-order valence-corrected chi connectivity index (χ4v) is 6.14. The maximum atomic E-state index is 14.0. The third-order valence-electron chi connectivity index (χ3n) is 9.18. The molecular weight excluding hydrogens is 604 g/mol. The molecule has 8 heteroatoms. The van der Waals surface area contributed by atoms with E-state index in [-0.39, 0.29) is 26.2 Å². The van der Waals surface area contributed by atoms with Crippen molar-refractivity contribution in [3.05, 3.63) is 56.9 Å². The molecule has 0 saturated heterocycles. The Hall–Kier alpha value is -2.52. The van der Waals surface area contributed by atoms with Crippen molar-refractivity contribution in [2.24, 2.45) is 0 Å². The van der Waals surface area contributed by atoms with Gasteiger partial charge in [0, 0.05) is 0 Å². The molecule has 0 radical (unpaired) electrons. The second-order valence-electron chi connectivity index (χ2n) is 13.9. The molecule has 0 spiro atoms. The highest BCUT2D eigenvalue weighted by atomic mass is 16.6. The van der Waals surface area contributed by atoms with Crippen molar-refractivity contribution >= 4 is 0 Å². The summed E-state index contributed by atoms with van der Waals surface area (Å²) >= 11 is 0. The standard InChI is InChI=1S/C40H68N2O6/c1-9-13-15-17-19-21-25-47-39-35(27-33(11-3)29-37(39)45-7)31-41(5,43)23-24-42(6,44)32-36-28-34(12-4)30-38(46-8)40(36)48-26-22-20-18-16-14-10-2/h27-30H,9-26,31-32H2,1-8H3. The molecule has 0 aromatic heterocycles. The minimum absolute atomic E-state index is 0.161. The van der Waals surface area contributed by atoms with Crippen LogP contribution >= 0.6 is 0 Å². The maximum absolute atomic E-state index is 14.0. The third-order valence-corrected chi connectivity index (χ3v) is 9.18. The van der Waals surface area contributed by atoms with Crippen molar-refractivity contribution in [3.8, 4) is 23.0 Å². The number of nitrogens with zero attached hydrogens (tertiary/aromatic N) is 2. The smallest absolute Gasteiger partial charge is 0.169 e. The number of quaternary nitrogens is 2. The van der Waals surface area contributed by atoms with Crippen LogP contribution in [0.25, 0.3) is 0 Å². The van der Waals surface area contributed by atoms with Crippen LogP contribution in [0.3, 0.4) is 0 Å². The van der Waals surface area contributed by atoms with Crippen LogP contribution in [0.15, 0.2) is 24.3 Å². The lowest BCUT2D eigenvalue weighted by atomic mass is 10.1. The van der Waals surface area contributed by atoms with Crippen LogP contribution < -0.4 is 18.9 Å². The van der Waals surface area contributed by atoms with Crippen LogP contribution in [0.4, 0.5) is 0 Å². The second-order valence-corrected chi connectivity index (χ2v) is 13.9. The Balaban J connectivity index is 2.15. The summed E-state index contributed by atoms with van der Waals surface area (Å²) in [7, 11) is 6.60. The van der Waals surface area contributed by atoms with Gasteiger partial charge in [-0.05, 0) is 61.1 Å². The fourth-order valence-electron chi connectivity index (χ4n) is 6.14. The highest BCUT2D eigenvalue weighted by molar-refractivity contribution is 5.50. The molecule has 2 aromatic carbocycles. The quantitative estimate of drug-likeness (QED) is 0.0534. The summed E-state index contributed by atoms with van der Waals surface area (Å²) in [6.07, 6.45) is 15.7. The molecule has 0 heterocycles. The van der Waals surface area contributed by atoms with Gasteiger partial charge in [0.15, 0.2) is 23.0 Å². The van der Waals surface area contributed by atoms with E-state index in [1.54, 1.807) is 28.3 Å². The molecular formula is C40H68N2O6. The number of aryl methyl sites for hydroxylation is 2. The first-order chi connectivity index (χ1) is 23.0. The van der Waals surface area contributed by atoms with Crippen LogP contribution in [0.1, 0.15) is 127 Å². The van der Waals surface area contributed by atoms with Crippen molar-refractivity contribution in [1.82, 2.24) is 0 Å². The molecule has 274 valence electrons. The Morgan fingerprint density at radius 3 is 1.21 bits per heavy atom. The molecule has 48 heavy (non-hydrogen) atoms. The number of hydroxylamine groups is 6. The Morgan fingerprint density at radius 2 is 0.875 bits per heavy atom. The van der Waals surface area contributed by atoms with Gasteiger partial charge in [-0.15, -0.1) is 0 Å². The van der Waals surface area contributed by atoms with Crippen LogP contribution in [-0.4, -0.2) is 63.9 Å². The number of rotatable bonds is 27. The molecule has 2 rings (SSSR count). The average Bonchev–Trinajstić information content (AvgIpc) is 3.06. The summed E-state index contributed by atoms with van der Waals surface area (Å²) in [6, 6.07) is 8.14. The van der Waals surface area contributed by atoms with Gasteiger partial charge in [0.2, 0.25) is 0 Å². The SMILES string of the molecule is CCCCCCCCOc1c(C[N+](C)([O-])CC[N+](C)([O-])Cc2cc(CC)cc(OC)c2OCCCCCCCC)cc(CC)cc1OC. The van der Waals surface area contributed by atoms with Gasteiger partial charge in [-0.2, -0.15) is 0 Å². The molecule has 2 aromatic rings.